The van der Waals surface area contributed by atoms with Crippen molar-refractivity contribution in [2.24, 2.45) is 11.3 Å². The molecule has 78 valence electrons. The Kier molecular flexibility index (Phi) is 5.38. The Labute approximate surface area is 85.8 Å². The fourth-order valence-electron chi connectivity index (χ4n) is 1.16. The average Bonchev–Trinajstić information content (AvgIpc) is 2.01. The van der Waals surface area contributed by atoms with Crippen molar-refractivity contribution in [2.75, 3.05) is 0 Å². The Hall–Kier alpha value is -0.240. The van der Waals surface area contributed by atoms with Gasteiger partial charge in [0.15, 0.2) is 0 Å². The van der Waals surface area contributed by atoms with E-state index in [4.69, 9.17) is 11.9 Å². The lowest BCUT2D eigenvalue weighted by atomic mass is 9.86. The van der Waals surface area contributed by atoms with E-state index in [1.165, 1.54) is 0 Å². The molecule has 0 aromatic rings. The van der Waals surface area contributed by atoms with Crippen LogP contribution in [0.5, 0.6) is 0 Å². The lowest BCUT2D eigenvalue weighted by molar-refractivity contribution is -0.143. The van der Waals surface area contributed by atoms with E-state index in [9.17, 15) is 4.79 Å². The molecule has 3 heteroatoms. The highest BCUT2D eigenvalue weighted by molar-refractivity contribution is 6.13. The Morgan fingerprint density at radius 1 is 1.46 bits per heavy atom. The van der Waals surface area contributed by atoms with Gasteiger partial charge in [-0.15, -0.1) is 0 Å². The van der Waals surface area contributed by atoms with Gasteiger partial charge in [0, 0.05) is 0 Å². The Balaban J connectivity index is 3.82. The molecule has 0 N–H and O–H groups in total. The number of carbonyl (C=O) groups excluding carboxylic acids is 1. The van der Waals surface area contributed by atoms with Gasteiger partial charge in [-0.1, -0.05) is 26.7 Å². The fraction of sp³-hybridized carbons (Fsp3) is 0.900. The molecular weight excluding hydrogens is 188 g/mol. The molecular formula is C10H19ClO2. The summed E-state index contributed by atoms with van der Waals surface area (Å²) in [4.78, 5) is 11.2. The van der Waals surface area contributed by atoms with Gasteiger partial charge in [-0.05, 0) is 26.2 Å². The predicted octanol–water partition coefficient (Wildman–Crippen LogP) is 3.54. The minimum Gasteiger partial charge on any atom is -0.347 e. The monoisotopic (exact) mass is 206 g/mol. The Bertz CT molecular complexity index is 164. The van der Waals surface area contributed by atoms with Gasteiger partial charge >= 0.3 is 5.97 Å². The molecule has 0 unspecified atom stereocenters. The molecule has 0 saturated heterocycles. The van der Waals surface area contributed by atoms with E-state index in [2.05, 4.69) is 18.1 Å². The Morgan fingerprint density at radius 2 is 2.00 bits per heavy atom. The van der Waals surface area contributed by atoms with E-state index in [1.807, 2.05) is 13.8 Å². The van der Waals surface area contributed by atoms with Crippen LogP contribution in [-0.4, -0.2) is 5.97 Å². The van der Waals surface area contributed by atoms with Gasteiger partial charge in [0.05, 0.1) is 5.41 Å². The van der Waals surface area contributed by atoms with Crippen molar-refractivity contribution in [1.82, 2.24) is 0 Å². The summed E-state index contributed by atoms with van der Waals surface area (Å²) in [5.41, 5.74) is -0.448. The molecule has 0 aliphatic heterocycles. The van der Waals surface area contributed by atoms with Gasteiger partial charge in [-0.2, -0.15) is 0 Å². The van der Waals surface area contributed by atoms with Gasteiger partial charge in [-0.3, -0.25) is 0 Å². The Morgan fingerprint density at radius 3 is 2.38 bits per heavy atom. The van der Waals surface area contributed by atoms with Crippen molar-refractivity contribution in [1.29, 1.82) is 0 Å². The summed E-state index contributed by atoms with van der Waals surface area (Å²) in [7, 11) is 0. The van der Waals surface area contributed by atoms with Gasteiger partial charge in [0.25, 0.3) is 0 Å². The molecule has 0 atom stereocenters. The summed E-state index contributed by atoms with van der Waals surface area (Å²) >= 11 is 5.03. The third-order valence-corrected chi connectivity index (χ3v) is 2.35. The van der Waals surface area contributed by atoms with E-state index in [1.54, 1.807) is 0 Å². The molecule has 13 heavy (non-hydrogen) atoms. The molecule has 0 fully saturated rings. The highest BCUT2D eigenvalue weighted by atomic mass is 35.5. The number of halogens is 1. The maximum atomic E-state index is 11.2. The molecule has 0 aliphatic carbocycles. The first-order valence-corrected chi connectivity index (χ1v) is 5.04. The third kappa shape index (κ3) is 5.14. The smallest absolute Gasteiger partial charge is 0.330 e. The molecule has 0 rings (SSSR count). The standard InChI is InChI=1S/C10H19ClO2/c1-8(2)6-5-7-10(3,4)9(12)13-11/h8H,5-7H2,1-4H3. The molecule has 0 saturated carbocycles. The quantitative estimate of drug-likeness (QED) is 0.688. The van der Waals surface area contributed by atoms with Crippen LogP contribution in [0.1, 0.15) is 47.0 Å². The molecule has 0 aromatic carbocycles. The van der Waals surface area contributed by atoms with Gasteiger partial charge in [0.1, 0.15) is 11.9 Å². The van der Waals surface area contributed by atoms with E-state index in [0.29, 0.717) is 5.92 Å². The second-order valence-electron chi connectivity index (χ2n) is 4.53. The van der Waals surface area contributed by atoms with Crippen LogP contribution in [-0.2, 0) is 9.08 Å². The van der Waals surface area contributed by atoms with Crippen molar-refractivity contribution in [3.8, 4) is 0 Å². The summed E-state index contributed by atoms with van der Waals surface area (Å²) in [5.74, 6) is 0.348. The van der Waals surface area contributed by atoms with Gasteiger partial charge < -0.3 is 4.29 Å². The largest absolute Gasteiger partial charge is 0.347 e. The average molecular weight is 207 g/mol. The number of hydrogen-bond acceptors (Lipinski definition) is 2. The molecule has 0 bridgehead atoms. The van der Waals surface area contributed by atoms with Crippen molar-refractivity contribution >= 4 is 17.8 Å². The second kappa shape index (κ2) is 5.48. The molecule has 0 aliphatic rings. The fourth-order valence-corrected chi connectivity index (χ4v) is 1.37. The number of rotatable bonds is 5. The highest BCUT2D eigenvalue weighted by Gasteiger charge is 2.28. The second-order valence-corrected chi connectivity index (χ2v) is 4.69. The van der Waals surface area contributed by atoms with Crippen LogP contribution in [0, 0.1) is 11.3 Å². The maximum Gasteiger partial charge on any atom is 0.330 e. The molecule has 0 aromatic heterocycles. The number of carbonyl (C=O) groups is 1. The topological polar surface area (TPSA) is 26.3 Å². The van der Waals surface area contributed by atoms with Gasteiger partial charge in [0.2, 0.25) is 0 Å². The normalized spacial score (nSPS) is 11.8. The maximum absolute atomic E-state index is 11.2. The summed E-state index contributed by atoms with van der Waals surface area (Å²) in [6, 6.07) is 0. The van der Waals surface area contributed by atoms with E-state index in [0.717, 1.165) is 19.3 Å². The van der Waals surface area contributed by atoms with E-state index < -0.39 is 5.41 Å². The molecule has 0 amide bonds. The highest BCUT2D eigenvalue weighted by Crippen LogP contribution is 2.26. The lowest BCUT2D eigenvalue weighted by Crippen LogP contribution is -2.24. The molecule has 0 spiro atoms. The van der Waals surface area contributed by atoms with Crippen LogP contribution in [0.2, 0.25) is 0 Å². The number of hydrogen-bond donors (Lipinski definition) is 0. The summed E-state index contributed by atoms with van der Waals surface area (Å²) in [6.07, 6.45) is 3.01. The predicted molar refractivity (Wildman–Crippen MR) is 54.4 cm³/mol. The van der Waals surface area contributed by atoms with Crippen LogP contribution in [0.4, 0.5) is 0 Å². The zero-order valence-corrected chi connectivity index (χ0v) is 9.65. The zero-order valence-electron chi connectivity index (χ0n) is 8.89. The van der Waals surface area contributed by atoms with Crippen LogP contribution < -0.4 is 0 Å². The molecule has 0 radical (unpaired) electrons. The molecule has 0 heterocycles. The first-order valence-electron chi connectivity index (χ1n) is 4.73. The van der Waals surface area contributed by atoms with E-state index >= 15 is 0 Å². The first kappa shape index (κ1) is 12.8. The van der Waals surface area contributed by atoms with Crippen LogP contribution in [0.3, 0.4) is 0 Å². The van der Waals surface area contributed by atoms with Crippen molar-refractivity contribution in [3.63, 3.8) is 0 Å². The van der Waals surface area contributed by atoms with E-state index in [-0.39, 0.29) is 5.97 Å². The SMILES string of the molecule is CC(C)CCCC(C)(C)C(=O)OCl. The minimum absolute atomic E-state index is 0.335. The van der Waals surface area contributed by atoms with Crippen molar-refractivity contribution in [3.05, 3.63) is 0 Å². The van der Waals surface area contributed by atoms with Crippen molar-refractivity contribution < 1.29 is 9.08 Å². The minimum atomic E-state index is -0.448. The van der Waals surface area contributed by atoms with Gasteiger partial charge in [-0.25, -0.2) is 4.79 Å². The van der Waals surface area contributed by atoms with Crippen LogP contribution >= 0.6 is 11.9 Å². The molecule has 2 nitrogen and oxygen atoms in total. The first-order chi connectivity index (χ1) is 5.90. The van der Waals surface area contributed by atoms with Crippen LogP contribution in [0.25, 0.3) is 0 Å². The summed E-state index contributed by atoms with van der Waals surface area (Å²) < 4.78 is 4.21. The summed E-state index contributed by atoms with van der Waals surface area (Å²) in [5, 5.41) is 0. The van der Waals surface area contributed by atoms with Crippen LogP contribution in [0.15, 0.2) is 0 Å². The zero-order chi connectivity index (χ0) is 10.5. The van der Waals surface area contributed by atoms with Crippen molar-refractivity contribution in [2.45, 2.75) is 47.0 Å². The third-order valence-electron chi connectivity index (χ3n) is 2.21. The lowest BCUT2D eigenvalue weighted by Gasteiger charge is -2.20. The summed E-state index contributed by atoms with van der Waals surface area (Å²) in [6.45, 7) is 8.07.